The van der Waals surface area contributed by atoms with E-state index in [1.807, 2.05) is 30.3 Å². The summed E-state index contributed by atoms with van der Waals surface area (Å²) in [4.78, 5) is 35.9. The minimum Gasteiger partial charge on any atom is -0.481 e. The molecule has 1 saturated heterocycles. The Morgan fingerprint density at radius 1 is 1.35 bits per heavy atom. The molecule has 6 nitrogen and oxygen atoms in total. The summed E-state index contributed by atoms with van der Waals surface area (Å²) in [7, 11) is 0. The van der Waals surface area contributed by atoms with Gasteiger partial charge in [0, 0.05) is 18.7 Å². The van der Waals surface area contributed by atoms with Crippen molar-refractivity contribution in [2.75, 3.05) is 11.4 Å². The Labute approximate surface area is 116 Å². The van der Waals surface area contributed by atoms with E-state index in [9.17, 15) is 14.4 Å². The van der Waals surface area contributed by atoms with E-state index in [0.717, 1.165) is 5.69 Å². The molecular weight excluding hydrogens is 260 g/mol. The number of carbonyl (C=O) groups excluding carboxylic acids is 2. The normalized spacial score (nSPS) is 19.8. The first kappa shape index (κ1) is 14.0. The zero-order valence-corrected chi connectivity index (χ0v) is 11.1. The number of para-hydroxylation sites is 1. The molecule has 2 atom stereocenters. The number of hydrogen-bond acceptors (Lipinski definition) is 3. The Balaban J connectivity index is 1.99. The number of carboxylic acids is 1. The number of carbonyl (C=O) groups is 3. The quantitative estimate of drug-likeness (QED) is 0.790. The fourth-order valence-electron chi connectivity index (χ4n) is 2.10. The molecule has 0 bridgehead atoms. The molecule has 6 heteroatoms. The summed E-state index contributed by atoms with van der Waals surface area (Å²) >= 11 is 0. The first-order valence-corrected chi connectivity index (χ1v) is 6.37. The molecule has 1 aromatic carbocycles. The molecule has 0 spiro atoms. The maximum absolute atomic E-state index is 11.9. The molecule has 1 fully saturated rings. The molecule has 1 heterocycles. The van der Waals surface area contributed by atoms with E-state index in [1.165, 1.54) is 6.92 Å². The average molecular weight is 276 g/mol. The molecule has 2 N–H and O–H groups in total. The monoisotopic (exact) mass is 276 g/mol. The van der Waals surface area contributed by atoms with Crippen LogP contribution in [0.3, 0.4) is 0 Å². The summed E-state index contributed by atoms with van der Waals surface area (Å²) in [6.07, 6.45) is 0.187. The summed E-state index contributed by atoms with van der Waals surface area (Å²) in [6.45, 7) is 1.68. The predicted octanol–water partition coefficient (Wildman–Crippen LogP) is 0.629. The average Bonchev–Trinajstić information content (AvgIpc) is 2.79. The number of nitrogens with one attached hydrogen (secondary N) is 1. The molecule has 1 aliphatic heterocycles. The fourth-order valence-corrected chi connectivity index (χ4v) is 2.10. The number of anilines is 1. The highest BCUT2D eigenvalue weighted by Crippen LogP contribution is 2.21. The van der Waals surface area contributed by atoms with Crippen LogP contribution >= 0.6 is 0 Å². The number of rotatable bonds is 4. The SMILES string of the molecule is C[C@H](C(=O)O)C(=O)N[C@H]1CC(=O)N(c2ccccc2)C1. The van der Waals surface area contributed by atoms with E-state index in [-0.39, 0.29) is 18.4 Å². The molecule has 2 amide bonds. The number of hydrogen-bond donors (Lipinski definition) is 2. The summed E-state index contributed by atoms with van der Waals surface area (Å²) in [5.41, 5.74) is 0.778. The highest BCUT2D eigenvalue weighted by Gasteiger charge is 2.33. The smallest absolute Gasteiger partial charge is 0.315 e. The molecule has 0 unspecified atom stereocenters. The van der Waals surface area contributed by atoms with Crippen molar-refractivity contribution < 1.29 is 19.5 Å². The third-order valence-corrected chi connectivity index (χ3v) is 3.30. The second-order valence-corrected chi connectivity index (χ2v) is 4.81. The van der Waals surface area contributed by atoms with Crippen molar-refractivity contribution >= 4 is 23.5 Å². The van der Waals surface area contributed by atoms with Gasteiger partial charge in [-0.2, -0.15) is 0 Å². The van der Waals surface area contributed by atoms with Crippen LogP contribution in [-0.4, -0.2) is 35.5 Å². The lowest BCUT2D eigenvalue weighted by Crippen LogP contribution is -2.41. The van der Waals surface area contributed by atoms with E-state index in [4.69, 9.17) is 5.11 Å². The molecule has 0 saturated carbocycles. The highest BCUT2D eigenvalue weighted by atomic mass is 16.4. The van der Waals surface area contributed by atoms with Crippen molar-refractivity contribution in [2.24, 2.45) is 5.92 Å². The summed E-state index contributed by atoms with van der Waals surface area (Å²) in [5.74, 6) is -2.93. The minimum atomic E-state index is -1.17. The van der Waals surface area contributed by atoms with E-state index in [0.29, 0.717) is 6.54 Å². The van der Waals surface area contributed by atoms with Gasteiger partial charge in [0.2, 0.25) is 11.8 Å². The predicted molar refractivity (Wildman–Crippen MR) is 72.1 cm³/mol. The fraction of sp³-hybridized carbons (Fsp3) is 0.357. The van der Waals surface area contributed by atoms with Crippen LogP contribution in [-0.2, 0) is 14.4 Å². The van der Waals surface area contributed by atoms with Crippen molar-refractivity contribution in [3.63, 3.8) is 0 Å². The molecule has 1 aromatic rings. The third kappa shape index (κ3) is 2.96. The van der Waals surface area contributed by atoms with Gasteiger partial charge in [-0.3, -0.25) is 14.4 Å². The number of benzene rings is 1. The Morgan fingerprint density at radius 3 is 2.60 bits per heavy atom. The zero-order chi connectivity index (χ0) is 14.7. The Morgan fingerprint density at radius 2 is 2.00 bits per heavy atom. The second-order valence-electron chi connectivity index (χ2n) is 4.81. The van der Waals surface area contributed by atoms with Gasteiger partial charge in [0.1, 0.15) is 5.92 Å². The van der Waals surface area contributed by atoms with Crippen LogP contribution in [0.4, 0.5) is 5.69 Å². The molecule has 106 valence electrons. The summed E-state index contributed by atoms with van der Waals surface area (Å²) in [6, 6.07) is 8.82. The molecule has 2 rings (SSSR count). The van der Waals surface area contributed by atoms with E-state index >= 15 is 0 Å². The van der Waals surface area contributed by atoms with Gasteiger partial charge in [-0.1, -0.05) is 18.2 Å². The van der Waals surface area contributed by atoms with Crippen LogP contribution in [0.1, 0.15) is 13.3 Å². The maximum Gasteiger partial charge on any atom is 0.315 e. The second kappa shape index (κ2) is 5.73. The first-order valence-electron chi connectivity index (χ1n) is 6.37. The van der Waals surface area contributed by atoms with E-state index in [1.54, 1.807) is 4.90 Å². The van der Waals surface area contributed by atoms with Gasteiger partial charge < -0.3 is 15.3 Å². The van der Waals surface area contributed by atoms with Crippen LogP contribution < -0.4 is 10.2 Å². The van der Waals surface area contributed by atoms with Gasteiger partial charge in [-0.15, -0.1) is 0 Å². The van der Waals surface area contributed by atoms with Crippen molar-refractivity contribution in [1.82, 2.24) is 5.32 Å². The first-order chi connectivity index (χ1) is 9.49. The zero-order valence-electron chi connectivity index (χ0n) is 11.1. The van der Waals surface area contributed by atoms with Crippen LogP contribution in [0, 0.1) is 5.92 Å². The van der Waals surface area contributed by atoms with Crippen molar-refractivity contribution in [3.05, 3.63) is 30.3 Å². The summed E-state index contributed by atoms with van der Waals surface area (Å²) in [5, 5.41) is 11.4. The van der Waals surface area contributed by atoms with Gasteiger partial charge in [0.15, 0.2) is 0 Å². The highest BCUT2D eigenvalue weighted by molar-refractivity contribution is 5.99. The lowest BCUT2D eigenvalue weighted by atomic mass is 10.1. The Kier molecular flexibility index (Phi) is 4.02. The maximum atomic E-state index is 11.9. The summed E-state index contributed by atoms with van der Waals surface area (Å²) < 4.78 is 0. The number of nitrogens with zero attached hydrogens (tertiary/aromatic N) is 1. The van der Waals surface area contributed by atoms with Crippen LogP contribution in [0.15, 0.2) is 30.3 Å². The molecular formula is C14H16N2O4. The standard InChI is InChI=1S/C14H16N2O4/c1-9(14(19)20)13(18)15-10-7-12(17)16(8-10)11-5-3-2-4-6-11/h2-6,9-10H,7-8H2,1H3,(H,15,18)(H,19,20)/t9-,10-/m0/s1. The van der Waals surface area contributed by atoms with Gasteiger partial charge in [0.25, 0.3) is 0 Å². The largest absolute Gasteiger partial charge is 0.481 e. The van der Waals surface area contributed by atoms with Crippen molar-refractivity contribution in [1.29, 1.82) is 0 Å². The lowest BCUT2D eigenvalue weighted by Gasteiger charge is -2.17. The number of amides is 2. The van der Waals surface area contributed by atoms with Crippen molar-refractivity contribution in [2.45, 2.75) is 19.4 Å². The van der Waals surface area contributed by atoms with Crippen LogP contribution in [0.5, 0.6) is 0 Å². The van der Waals surface area contributed by atoms with Gasteiger partial charge in [0.05, 0.1) is 6.04 Å². The Hall–Kier alpha value is -2.37. The minimum absolute atomic E-state index is 0.0792. The number of aliphatic carboxylic acids is 1. The van der Waals surface area contributed by atoms with Gasteiger partial charge in [-0.25, -0.2) is 0 Å². The molecule has 20 heavy (non-hydrogen) atoms. The van der Waals surface area contributed by atoms with Crippen molar-refractivity contribution in [3.8, 4) is 0 Å². The molecule has 0 aliphatic carbocycles. The van der Waals surface area contributed by atoms with E-state index < -0.39 is 17.8 Å². The van der Waals surface area contributed by atoms with Crippen LogP contribution in [0.25, 0.3) is 0 Å². The van der Waals surface area contributed by atoms with E-state index in [2.05, 4.69) is 5.32 Å². The lowest BCUT2D eigenvalue weighted by molar-refractivity contribution is -0.146. The molecule has 1 aliphatic rings. The van der Waals surface area contributed by atoms with Crippen LogP contribution in [0.2, 0.25) is 0 Å². The Bertz CT molecular complexity index is 529. The van der Waals surface area contributed by atoms with Gasteiger partial charge in [-0.05, 0) is 19.1 Å². The third-order valence-electron chi connectivity index (χ3n) is 3.30. The molecule has 0 aromatic heterocycles. The number of carboxylic acid groups (broad SMARTS) is 1. The molecule has 0 radical (unpaired) electrons. The van der Waals surface area contributed by atoms with Gasteiger partial charge >= 0.3 is 5.97 Å². The topological polar surface area (TPSA) is 86.7 Å².